The topological polar surface area (TPSA) is 167 Å². The van der Waals surface area contributed by atoms with E-state index < -0.39 is 11.8 Å². The summed E-state index contributed by atoms with van der Waals surface area (Å²) in [5.41, 5.74) is 10.8. The molecule has 2 aromatic carbocycles. The second kappa shape index (κ2) is 9.58. The number of carbonyl (C=O) groups excluding carboxylic acids is 4. The van der Waals surface area contributed by atoms with E-state index in [1.807, 2.05) is 9.80 Å². The number of piperazine rings is 1. The van der Waals surface area contributed by atoms with Gasteiger partial charge in [-0.3, -0.25) is 29.0 Å². The van der Waals surface area contributed by atoms with Gasteiger partial charge in [0.25, 0.3) is 11.8 Å². The van der Waals surface area contributed by atoms with Gasteiger partial charge in [-0.25, -0.2) is 0 Å². The summed E-state index contributed by atoms with van der Waals surface area (Å²) >= 11 is 0. The first-order chi connectivity index (χ1) is 15.2. The molecule has 1 aliphatic rings. The Kier molecular flexibility index (Phi) is 6.86. The minimum Gasteiger partial charge on any atom is -0.507 e. The van der Waals surface area contributed by atoms with Crippen LogP contribution < -0.4 is 11.5 Å². The van der Waals surface area contributed by atoms with Crippen LogP contribution in [0.2, 0.25) is 0 Å². The zero-order chi connectivity index (χ0) is 23.4. The van der Waals surface area contributed by atoms with Crippen molar-refractivity contribution in [3.8, 4) is 11.5 Å². The van der Waals surface area contributed by atoms with Crippen molar-refractivity contribution in [1.82, 2.24) is 9.80 Å². The molecule has 168 valence electrons. The summed E-state index contributed by atoms with van der Waals surface area (Å²) in [7, 11) is 0. The number of aromatic hydroxyl groups is 2. The monoisotopic (exact) mass is 440 g/mol. The molecule has 0 bridgehead atoms. The third-order valence-electron chi connectivity index (χ3n) is 5.37. The number of hydrogen-bond acceptors (Lipinski definition) is 8. The van der Waals surface area contributed by atoms with Gasteiger partial charge in [0, 0.05) is 37.3 Å². The first kappa shape index (κ1) is 22.9. The first-order valence-corrected chi connectivity index (χ1v) is 9.92. The number of ketones is 2. The SMILES string of the molecule is NC(=O)c1cc(C(=O)CN2CCN(CC(=O)c3ccc(O)c(C(N)=O)c3)CC2)ccc1O. The molecular formula is C22H24N4O6. The normalized spacial score (nSPS) is 14.8. The Morgan fingerprint density at radius 2 is 1.03 bits per heavy atom. The van der Waals surface area contributed by atoms with Gasteiger partial charge >= 0.3 is 0 Å². The number of carbonyl (C=O) groups is 4. The van der Waals surface area contributed by atoms with Crippen molar-refractivity contribution in [2.45, 2.75) is 0 Å². The Balaban J connectivity index is 1.54. The summed E-state index contributed by atoms with van der Waals surface area (Å²) in [6.07, 6.45) is 0. The maximum atomic E-state index is 12.6. The van der Waals surface area contributed by atoms with Crippen LogP contribution in [0.4, 0.5) is 0 Å². The smallest absolute Gasteiger partial charge is 0.252 e. The lowest BCUT2D eigenvalue weighted by molar-refractivity contribution is 0.0782. The Morgan fingerprint density at radius 1 is 0.688 bits per heavy atom. The lowest BCUT2D eigenvalue weighted by atomic mass is 10.0. The van der Waals surface area contributed by atoms with E-state index in [1.54, 1.807) is 0 Å². The van der Waals surface area contributed by atoms with Crippen molar-refractivity contribution in [3.63, 3.8) is 0 Å². The van der Waals surface area contributed by atoms with Gasteiger partial charge in [0.15, 0.2) is 11.6 Å². The van der Waals surface area contributed by atoms with Crippen LogP contribution in [0.15, 0.2) is 36.4 Å². The van der Waals surface area contributed by atoms with Gasteiger partial charge in [0.05, 0.1) is 24.2 Å². The molecule has 2 aromatic rings. The van der Waals surface area contributed by atoms with Crippen molar-refractivity contribution >= 4 is 23.4 Å². The summed E-state index contributed by atoms with van der Waals surface area (Å²) < 4.78 is 0. The molecule has 1 saturated heterocycles. The molecule has 3 rings (SSSR count). The summed E-state index contributed by atoms with van der Waals surface area (Å²) in [5.74, 6) is -2.59. The lowest BCUT2D eigenvalue weighted by Crippen LogP contribution is -2.49. The third-order valence-corrected chi connectivity index (χ3v) is 5.37. The van der Waals surface area contributed by atoms with Crippen LogP contribution in [0, 0.1) is 0 Å². The lowest BCUT2D eigenvalue weighted by Gasteiger charge is -2.33. The second-order valence-corrected chi connectivity index (χ2v) is 7.59. The zero-order valence-electron chi connectivity index (χ0n) is 17.3. The number of phenols is 2. The number of amides is 2. The van der Waals surface area contributed by atoms with E-state index in [9.17, 15) is 29.4 Å². The van der Waals surface area contributed by atoms with Crippen LogP contribution >= 0.6 is 0 Å². The molecule has 1 heterocycles. The number of benzene rings is 2. The predicted octanol–water partition coefficient (Wildman–Crippen LogP) is -0.0212. The van der Waals surface area contributed by atoms with E-state index in [-0.39, 0.29) is 58.4 Å². The third kappa shape index (κ3) is 5.29. The number of Topliss-reactive ketones (excluding diaryl/α,β-unsaturated/α-hetero) is 2. The molecular weight excluding hydrogens is 416 g/mol. The molecule has 2 amide bonds. The maximum absolute atomic E-state index is 12.6. The van der Waals surface area contributed by atoms with Crippen LogP contribution in [0.3, 0.4) is 0 Å². The number of nitrogens with two attached hydrogens (primary N) is 2. The van der Waals surface area contributed by atoms with Gasteiger partial charge in [-0.15, -0.1) is 0 Å². The fourth-order valence-corrected chi connectivity index (χ4v) is 3.51. The van der Waals surface area contributed by atoms with E-state index in [4.69, 9.17) is 11.5 Å². The quantitative estimate of drug-likeness (QED) is 0.415. The molecule has 0 unspecified atom stereocenters. The molecule has 1 fully saturated rings. The predicted molar refractivity (Wildman–Crippen MR) is 115 cm³/mol. The highest BCUT2D eigenvalue weighted by atomic mass is 16.3. The summed E-state index contributed by atoms with van der Waals surface area (Å²) in [6, 6.07) is 7.99. The van der Waals surface area contributed by atoms with Crippen LogP contribution in [-0.2, 0) is 0 Å². The van der Waals surface area contributed by atoms with Crippen molar-refractivity contribution < 1.29 is 29.4 Å². The van der Waals surface area contributed by atoms with Gasteiger partial charge < -0.3 is 21.7 Å². The van der Waals surface area contributed by atoms with Crippen molar-refractivity contribution in [3.05, 3.63) is 58.7 Å². The molecule has 0 radical (unpaired) electrons. The van der Waals surface area contributed by atoms with Gasteiger partial charge in [-0.1, -0.05) is 0 Å². The Morgan fingerprint density at radius 3 is 1.34 bits per heavy atom. The van der Waals surface area contributed by atoms with E-state index in [2.05, 4.69) is 0 Å². The average Bonchev–Trinajstić information content (AvgIpc) is 2.75. The van der Waals surface area contributed by atoms with Crippen LogP contribution in [0.25, 0.3) is 0 Å². The van der Waals surface area contributed by atoms with Gasteiger partial charge in [0.1, 0.15) is 11.5 Å². The molecule has 6 N–H and O–H groups in total. The minimum atomic E-state index is -0.813. The highest BCUT2D eigenvalue weighted by Gasteiger charge is 2.23. The molecule has 1 aliphatic heterocycles. The number of nitrogens with zero attached hydrogens (tertiary/aromatic N) is 2. The summed E-state index contributed by atoms with van der Waals surface area (Å²) in [4.78, 5) is 51.7. The largest absolute Gasteiger partial charge is 0.507 e. The minimum absolute atomic E-state index is 0.104. The molecule has 10 heteroatoms. The van der Waals surface area contributed by atoms with E-state index in [1.165, 1.54) is 36.4 Å². The molecule has 0 saturated carbocycles. The molecule has 0 atom stereocenters. The number of rotatable bonds is 8. The Bertz CT molecular complexity index is 991. The standard InChI is InChI=1S/C22H24N4O6/c23-21(31)15-9-13(1-3-17(15)27)19(29)11-25-5-7-26(8-6-25)12-20(30)14-2-4-18(28)16(10-14)22(24)32/h1-4,9-10,27-28H,5-8,11-12H2,(H2,23,31)(H2,24,32). The van der Waals surface area contributed by atoms with Crippen molar-refractivity contribution in [2.24, 2.45) is 11.5 Å². The fourth-order valence-electron chi connectivity index (χ4n) is 3.51. The van der Waals surface area contributed by atoms with E-state index in [0.717, 1.165) is 0 Å². The highest BCUT2D eigenvalue weighted by Crippen LogP contribution is 2.20. The maximum Gasteiger partial charge on any atom is 0.252 e. The summed E-state index contributed by atoms with van der Waals surface area (Å²) in [5, 5.41) is 19.3. The molecule has 0 aliphatic carbocycles. The molecule has 0 aromatic heterocycles. The first-order valence-electron chi connectivity index (χ1n) is 9.92. The van der Waals surface area contributed by atoms with Crippen LogP contribution in [0.1, 0.15) is 41.4 Å². The molecule has 10 nitrogen and oxygen atoms in total. The van der Waals surface area contributed by atoms with E-state index in [0.29, 0.717) is 26.2 Å². The van der Waals surface area contributed by atoms with Gasteiger partial charge in [-0.2, -0.15) is 0 Å². The molecule has 0 spiro atoms. The second-order valence-electron chi connectivity index (χ2n) is 7.59. The van der Waals surface area contributed by atoms with Gasteiger partial charge in [-0.05, 0) is 36.4 Å². The summed E-state index contributed by atoms with van der Waals surface area (Å²) in [6.45, 7) is 2.49. The number of primary amides is 2. The van der Waals surface area contributed by atoms with Crippen molar-refractivity contribution in [2.75, 3.05) is 39.3 Å². The van der Waals surface area contributed by atoms with Gasteiger partial charge in [0.2, 0.25) is 0 Å². The average molecular weight is 440 g/mol. The Labute approximate surface area is 184 Å². The highest BCUT2D eigenvalue weighted by molar-refractivity contribution is 6.03. The van der Waals surface area contributed by atoms with E-state index >= 15 is 0 Å². The van der Waals surface area contributed by atoms with Crippen molar-refractivity contribution in [1.29, 1.82) is 0 Å². The zero-order valence-corrected chi connectivity index (χ0v) is 17.3. The Hall–Kier alpha value is -3.76. The fraction of sp³-hybridized carbons (Fsp3) is 0.273. The van der Waals surface area contributed by atoms with Crippen LogP contribution in [0.5, 0.6) is 11.5 Å². The number of hydrogen-bond donors (Lipinski definition) is 4. The van der Waals surface area contributed by atoms with Crippen LogP contribution in [-0.4, -0.2) is 82.7 Å². The molecule has 32 heavy (non-hydrogen) atoms.